The van der Waals surface area contributed by atoms with Gasteiger partial charge in [-0.05, 0) is 80.9 Å². The molecule has 0 atom stereocenters. The van der Waals surface area contributed by atoms with Crippen molar-refractivity contribution in [1.29, 1.82) is 0 Å². The van der Waals surface area contributed by atoms with E-state index in [0.29, 0.717) is 33.8 Å². The summed E-state index contributed by atoms with van der Waals surface area (Å²) in [4.78, 5) is 19.7. The van der Waals surface area contributed by atoms with Crippen LogP contribution in [0.3, 0.4) is 0 Å². The van der Waals surface area contributed by atoms with Crippen LogP contribution in [0.25, 0.3) is 11.0 Å². The van der Waals surface area contributed by atoms with Crippen molar-refractivity contribution in [3.8, 4) is 0 Å². The molecule has 0 saturated carbocycles. The molecular formula is C25H25ClN6O. The number of piperidine rings is 1. The van der Waals surface area contributed by atoms with E-state index in [2.05, 4.69) is 49.9 Å². The van der Waals surface area contributed by atoms with E-state index in [1.807, 2.05) is 48.5 Å². The lowest BCUT2D eigenvalue weighted by molar-refractivity contribution is 0.102. The molecule has 2 aromatic heterocycles. The zero-order chi connectivity index (χ0) is 22.8. The van der Waals surface area contributed by atoms with Gasteiger partial charge in [0.15, 0.2) is 11.5 Å². The second kappa shape index (κ2) is 9.21. The average molecular weight is 461 g/mol. The van der Waals surface area contributed by atoms with E-state index in [-0.39, 0.29) is 5.91 Å². The first-order valence-corrected chi connectivity index (χ1v) is 11.4. The molecule has 0 aliphatic carbocycles. The molecule has 0 bridgehead atoms. The third kappa shape index (κ3) is 4.69. The third-order valence-electron chi connectivity index (χ3n) is 6.16. The minimum atomic E-state index is -0.198. The summed E-state index contributed by atoms with van der Waals surface area (Å²) < 4.78 is 0. The van der Waals surface area contributed by atoms with Gasteiger partial charge >= 0.3 is 0 Å². The van der Waals surface area contributed by atoms with Gasteiger partial charge in [0, 0.05) is 5.56 Å². The van der Waals surface area contributed by atoms with Gasteiger partial charge in [0.1, 0.15) is 5.82 Å². The van der Waals surface area contributed by atoms with Crippen LogP contribution < -0.4 is 10.6 Å². The standard InChI is InChI=1S/C25H25ClN6O/c1-32-14-12-17(13-15-32)16-6-8-18(9-7-16)25(33)29-24-19-10-11-22(28-23(19)30-31-24)27-21-5-3-2-4-20(21)26/h2-11,17H,12-15H2,1H3,(H3,27,28,29,30,31,33). The highest BCUT2D eigenvalue weighted by Crippen LogP contribution is 2.29. The molecule has 33 heavy (non-hydrogen) atoms. The quantitative estimate of drug-likeness (QED) is 0.370. The molecule has 8 heteroatoms. The van der Waals surface area contributed by atoms with E-state index in [1.165, 1.54) is 5.56 Å². The lowest BCUT2D eigenvalue weighted by Gasteiger charge is -2.29. The number of rotatable bonds is 5. The molecule has 1 aliphatic heterocycles. The van der Waals surface area contributed by atoms with Gasteiger partial charge in [-0.15, -0.1) is 0 Å². The Balaban J connectivity index is 1.28. The number of hydrogen-bond acceptors (Lipinski definition) is 5. The number of nitrogens with zero attached hydrogens (tertiary/aromatic N) is 3. The maximum absolute atomic E-state index is 12.8. The number of anilines is 3. The van der Waals surface area contributed by atoms with Gasteiger partial charge in [0.05, 0.1) is 16.1 Å². The summed E-state index contributed by atoms with van der Waals surface area (Å²) in [5.41, 5.74) is 3.24. The van der Waals surface area contributed by atoms with E-state index in [1.54, 1.807) is 0 Å². The van der Waals surface area contributed by atoms with Crippen molar-refractivity contribution in [2.45, 2.75) is 18.8 Å². The number of amides is 1. The number of benzene rings is 2. The molecule has 5 rings (SSSR count). The van der Waals surface area contributed by atoms with Crippen molar-refractivity contribution in [2.75, 3.05) is 30.8 Å². The molecule has 168 valence electrons. The molecule has 4 aromatic rings. The van der Waals surface area contributed by atoms with E-state index in [4.69, 9.17) is 11.6 Å². The fourth-order valence-electron chi connectivity index (χ4n) is 4.20. The van der Waals surface area contributed by atoms with Crippen molar-refractivity contribution in [2.24, 2.45) is 0 Å². The fourth-order valence-corrected chi connectivity index (χ4v) is 4.38. The molecule has 1 amide bonds. The molecule has 3 heterocycles. The molecule has 1 saturated heterocycles. The van der Waals surface area contributed by atoms with Crippen molar-refractivity contribution >= 4 is 45.9 Å². The van der Waals surface area contributed by atoms with Crippen LogP contribution in [-0.2, 0) is 0 Å². The highest BCUT2D eigenvalue weighted by molar-refractivity contribution is 6.33. The SMILES string of the molecule is CN1CCC(c2ccc(C(=O)Nc3n[nH]c4nc(Nc5ccccc5Cl)ccc34)cc2)CC1. The Morgan fingerprint density at radius 1 is 1.06 bits per heavy atom. The number of para-hydroxylation sites is 1. The minimum Gasteiger partial charge on any atom is -0.339 e. The Morgan fingerprint density at radius 2 is 1.82 bits per heavy atom. The lowest BCUT2D eigenvalue weighted by atomic mass is 9.89. The van der Waals surface area contributed by atoms with Crippen molar-refractivity contribution < 1.29 is 4.79 Å². The summed E-state index contributed by atoms with van der Waals surface area (Å²) in [5.74, 6) is 1.44. The van der Waals surface area contributed by atoms with Crippen LogP contribution in [0.5, 0.6) is 0 Å². The van der Waals surface area contributed by atoms with Gasteiger partial charge in [-0.1, -0.05) is 35.9 Å². The maximum Gasteiger partial charge on any atom is 0.256 e. The predicted molar refractivity (Wildman–Crippen MR) is 132 cm³/mol. The number of hydrogen-bond donors (Lipinski definition) is 3. The van der Waals surface area contributed by atoms with Gasteiger partial charge in [-0.3, -0.25) is 9.89 Å². The Morgan fingerprint density at radius 3 is 2.58 bits per heavy atom. The number of H-pyrrole nitrogens is 1. The topological polar surface area (TPSA) is 85.9 Å². The second-order valence-electron chi connectivity index (χ2n) is 8.42. The smallest absolute Gasteiger partial charge is 0.256 e. The van der Waals surface area contributed by atoms with Crippen LogP contribution >= 0.6 is 11.6 Å². The Kier molecular flexibility index (Phi) is 5.98. The Hall–Kier alpha value is -3.42. The number of carbonyl (C=O) groups is 1. The summed E-state index contributed by atoms with van der Waals surface area (Å²) >= 11 is 6.21. The average Bonchev–Trinajstić information content (AvgIpc) is 3.23. The van der Waals surface area contributed by atoms with Gasteiger partial charge in [0.2, 0.25) is 0 Å². The first kappa shape index (κ1) is 21.4. The van der Waals surface area contributed by atoms with Crippen LogP contribution in [-0.4, -0.2) is 46.1 Å². The first-order valence-electron chi connectivity index (χ1n) is 11.0. The molecule has 2 aromatic carbocycles. The first-order chi connectivity index (χ1) is 16.1. The number of likely N-dealkylation sites (tertiary alicyclic amines) is 1. The van der Waals surface area contributed by atoms with Crippen molar-refractivity contribution in [1.82, 2.24) is 20.1 Å². The van der Waals surface area contributed by atoms with Gasteiger partial charge in [-0.25, -0.2) is 4.98 Å². The number of aromatic nitrogens is 3. The number of carbonyl (C=O) groups excluding carboxylic acids is 1. The number of fused-ring (bicyclic) bond motifs is 1. The van der Waals surface area contributed by atoms with Crippen LogP contribution in [0.4, 0.5) is 17.3 Å². The van der Waals surface area contributed by atoms with E-state index >= 15 is 0 Å². The highest BCUT2D eigenvalue weighted by Gasteiger charge is 2.19. The summed E-state index contributed by atoms with van der Waals surface area (Å²) in [7, 11) is 2.16. The normalized spacial score (nSPS) is 15.0. The fraction of sp³-hybridized carbons (Fsp3) is 0.240. The maximum atomic E-state index is 12.8. The monoisotopic (exact) mass is 460 g/mol. The highest BCUT2D eigenvalue weighted by atomic mass is 35.5. The Bertz CT molecular complexity index is 1280. The summed E-state index contributed by atoms with van der Waals surface area (Å²) in [6, 6.07) is 19.1. The summed E-state index contributed by atoms with van der Waals surface area (Å²) in [6.07, 6.45) is 2.31. The minimum absolute atomic E-state index is 0.198. The molecular weight excluding hydrogens is 436 g/mol. The summed E-state index contributed by atoms with van der Waals surface area (Å²) in [5, 5.41) is 14.6. The van der Waals surface area contributed by atoms with E-state index in [9.17, 15) is 4.79 Å². The van der Waals surface area contributed by atoms with Crippen LogP contribution in [0, 0.1) is 0 Å². The van der Waals surface area contributed by atoms with Crippen LogP contribution in [0.15, 0.2) is 60.7 Å². The predicted octanol–water partition coefficient (Wildman–Crippen LogP) is 5.42. The Labute approximate surface area is 197 Å². The summed E-state index contributed by atoms with van der Waals surface area (Å²) in [6.45, 7) is 2.23. The van der Waals surface area contributed by atoms with Gasteiger partial charge in [-0.2, -0.15) is 5.10 Å². The third-order valence-corrected chi connectivity index (χ3v) is 6.48. The number of halogens is 1. The molecule has 0 spiro atoms. The second-order valence-corrected chi connectivity index (χ2v) is 8.83. The number of aromatic amines is 1. The zero-order valence-corrected chi connectivity index (χ0v) is 19.1. The van der Waals surface area contributed by atoms with Crippen molar-refractivity contribution in [3.63, 3.8) is 0 Å². The number of nitrogens with one attached hydrogen (secondary N) is 3. The van der Waals surface area contributed by atoms with Crippen molar-refractivity contribution in [3.05, 3.63) is 76.8 Å². The molecule has 7 nitrogen and oxygen atoms in total. The van der Waals surface area contributed by atoms with E-state index < -0.39 is 0 Å². The van der Waals surface area contributed by atoms with E-state index in [0.717, 1.165) is 37.0 Å². The zero-order valence-electron chi connectivity index (χ0n) is 18.3. The molecule has 0 radical (unpaired) electrons. The van der Waals surface area contributed by atoms with Gasteiger partial charge in [0.25, 0.3) is 5.91 Å². The van der Waals surface area contributed by atoms with Gasteiger partial charge < -0.3 is 15.5 Å². The molecule has 0 unspecified atom stereocenters. The lowest BCUT2D eigenvalue weighted by Crippen LogP contribution is -2.29. The molecule has 1 aliphatic rings. The largest absolute Gasteiger partial charge is 0.339 e. The van der Waals surface area contributed by atoms with Crippen LogP contribution in [0.2, 0.25) is 5.02 Å². The molecule has 3 N–H and O–H groups in total. The number of pyridine rings is 1. The van der Waals surface area contributed by atoms with Crippen LogP contribution in [0.1, 0.15) is 34.7 Å². The molecule has 1 fully saturated rings.